The highest BCUT2D eigenvalue weighted by molar-refractivity contribution is 5.87. The van der Waals surface area contributed by atoms with Crippen molar-refractivity contribution in [2.75, 3.05) is 0 Å². The molecule has 0 spiro atoms. The summed E-state index contributed by atoms with van der Waals surface area (Å²) in [6.07, 6.45) is -2.85. The molecular formula is C11H17F3N2O3. The Hall–Kier alpha value is -1.31. The second-order valence-electron chi connectivity index (χ2n) is 5.01. The minimum Gasteiger partial charge on any atom is -0.481 e. The van der Waals surface area contributed by atoms with Gasteiger partial charge < -0.3 is 16.2 Å². The summed E-state index contributed by atoms with van der Waals surface area (Å²) in [5.74, 6) is -3.37. The van der Waals surface area contributed by atoms with Gasteiger partial charge in [0.1, 0.15) is 0 Å². The zero-order valence-electron chi connectivity index (χ0n) is 10.5. The first-order valence-corrected chi connectivity index (χ1v) is 5.96. The van der Waals surface area contributed by atoms with Gasteiger partial charge in [-0.2, -0.15) is 13.2 Å². The molecule has 1 saturated carbocycles. The molecule has 0 aliphatic heterocycles. The van der Waals surface area contributed by atoms with Crippen LogP contribution >= 0.6 is 0 Å². The lowest BCUT2D eigenvalue weighted by atomic mass is 9.84. The van der Waals surface area contributed by atoms with Crippen molar-refractivity contribution >= 4 is 11.9 Å². The van der Waals surface area contributed by atoms with Gasteiger partial charge in [-0.1, -0.05) is 12.8 Å². The predicted octanol–water partition coefficient (Wildman–Crippen LogP) is 1.03. The number of carbonyl (C=O) groups excluding carboxylic acids is 1. The fourth-order valence-corrected chi connectivity index (χ4v) is 2.05. The number of rotatable bonds is 3. The van der Waals surface area contributed by atoms with Crippen LogP contribution in [0.3, 0.4) is 0 Å². The second kappa shape index (κ2) is 5.36. The number of carboxylic acid groups (broad SMARTS) is 1. The fraction of sp³-hybridized carbons (Fsp3) is 0.818. The molecule has 0 aromatic carbocycles. The molecular weight excluding hydrogens is 265 g/mol. The number of carboxylic acids is 1. The van der Waals surface area contributed by atoms with Gasteiger partial charge >= 0.3 is 12.1 Å². The summed E-state index contributed by atoms with van der Waals surface area (Å²) >= 11 is 0. The van der Waals surface area contributed by atoms with E-state index < -0.39 is 35.6 Å². The van der Waals surface area contributed by atoms with Crippen molar-refractivity contribution in [2.45, 2.75) is 50.4 Å². The Balaban J connectivity index is 2.77. The van der Waals surface area contributed by atoms with Crippen LogP contribution < -0.4 is 11.1 Å². The van der Waals surface area contributed by atoms with Gasteiger partial charge in [-0.3, -0.25) is 9.59 Å². The van der Waals surface area contributed by atoms with Crippen molar-refractivity contribution in [1.82, 2.24) is 5.32 Å². The molecule has 0 radical (unpaired) electrons. The zero-order valence-corrected chi connectivity index (χ0v) is 10.5. The van der Waals surface area contributed by atoms with Crippen LogP contribution in [0.5, 0.6) is 0 Å². The summed E-state index contributed by atoms with van der Waals surface area (Å²) in [5.41, 5.74) is 1.97. The molecule has 1 aliphatic rings. The molecule has 5 nitrogen and oxygen atoms in total. The molecule has 110 valence electrons. The lowest BCUT2D eigenvalue weighted by Gasteiger charge is -2.33. The van der Waals surface area contributed by atoms with E-state index in [0.29, 0.717) is 32.6 Å². The Morgan fingerprint density at radius 1 is 1.26 bits per heavy atom. The molecule has 0 heterocycles. The molecule has 3 atom stereocenters. The Labute approximate surface area is 108 Å². The summed E-state index contributed by atoms with van der Waals surface area (Å²) in [4.78, 5) is 22.6. The van der Waals surface area contributed by atoms with Crippen LogP contribution in [-0.4, -0.2) is 34.7 Å². The molecule has 19 heavy (non-hydrogen) atoms. The van der Waals surface area contributed by atoms with Crippen molar-refractivity contribution in [3.63, 3.8) is 0 Å². The molecule has 4 N–H and O–H groups in total. The minimum atomic E-state index is -4.88. The molecule has 0 aromatic rings. The van der Waals surface area contributed by atoms with E-state index in [1.165, 1.54) is 0 Å². The third-order valence-corrected chi connectivity index (χ3v) is 3.46. The Bertz CT molecular complexity index is 369. The maximum absolute atomic E-state index is 12.6. The molecule has 1 fully saturated rings. The Morgan fingerprint density at radius 2 is 1.79 bits per heavy atom. The monoisotopic (exact) mass is 282 g/mol. The first kappa shape index (κ1) is 15.7. The lowest BCUT2D eigenvalue weighted by molar-refractivity contribution is -0.188. The summed E-state index contributed by atoms with van der Waals surface area (Å²) < 4.78 is 37.8. The van der Waals surface area contributed by atoms with Gasteiger partial charge in [0.15, 0.2) is 5.54 Å². The topological polar surface area (TPSA) is 92.4 Å². The van der Waals surface area contributed by atoms with E-state index in [1.807, 2.05) is 0 Å². The highest BCUT2D eigenvalue weighted by atomic mass is 19.4. The molecule has 1 amide bonds. The van der Waals surface area contributed by atoms with E-state index in [4.69, 9.17) is 10.8 Å². The smallest absolute Gasteiger partial charge is 0.415 e. The molecule has 1 aliphatic carbocycles. The highest BCUT2D eigenvalue weighted by Gasteiger charge is 2.54. The van der Waals surface area contributed by atoms with Crippen LogP contribution in [0.2, 0.25) is 0 Å². The van der Waals surface area contributed by atoms with Crippen molar-refractivity contribution in [3.05, 3.63) is 0 Å². The van der Waals surface area contributed by atoms with Crippen molar-refractivity contribution < 1.29 is 27.9 Å². The van der Waals surface area contributed by atoms with Crippen molar-refractivity contribution in [1.29, 1.82) is 0 Å². The van der Waals surface area contributed by atoms with Gasteiger partial charge in [0.05, 0.1) is 5.92 Å². The third kappa shape index (κ3) is 3.37. The number of halogens is 3. The first-order valence-electron chi connectivity index (χ1n) is 5.96. The number of amides is 1. The summed E-state index contributed by atoms with van der Waals surface area (Å²) in [5, 5.41) is 11.1. The number of alkyl halides is 3. The first-order chi connectivity index (χ1) is 8.57. The van der Waals surface area contributed by atoms with E-state index in [2.05, 4.69) is 5.32 Å². The predicted molar refractivity (Wildman–Crippen MR) is 60.2 cm³/mol. The lowest BCUT2D eigenvalue weighted by Crippen LogP contribution is -2.63. The number of hydrogen-bond acceptors (Lipinski definition) is 3. The number of hydrogen-bond donors (Lipinski definition) is 3. The van der Waals surface area contributed by atoms with Crippen LogP contribution in [-0.2, 0) is 9.59 Å². The normalized spacial score (nSPS) is 27.4. The van der Waals surface area contributed by atoms with Gasteiger partial charge in [0.2, 0.25) is 5.91 Å². The largest absolute Gasteiger partial charge is 0.481 e. The number of carbonyl (C=O) groups is 2. The average Bonchev–Trinajstić information content (AvgIpc) is 2.27. The average molecular weight is 282 g/mol. The van der Waals surface area contributed by atoms with Crippen LogP contribution in [0.15, 0.2) is 0 Å². The van der Waals surface area contributed by atoms with Crippen LogP contribution in [0, 0.1) is 5.92 Å². The summed E-state index contributed by atoms with van der Waals surface area (Å²) in [6.45, 7) is 0.570. The maximum atomic E-state index is 12.6. The molecule has 0 aromatic heterocycles. The van der Waals surface area contributed by atoms with E-state index in [1.54, 1.807) is 0 Å². The molecule has 0 saturated heterocycles. The fourth-order valence-electron chi connectivity index (χ4n) is 2.05. The Kier molecular flexibility index (Phi) is 4.44. The van der Waals surface area contributed by atoms with Gasteiger partial charge in [-0.15, -0.1) is 0 Å². The molecule has 1 rings (SSSR count). The molecule has 3 unspecified atom stereocenters. The van der Waals surface area contributed by atoms with Crippen LogP contribution in [0.25, 0.3) is 0 Å². The van der Waals surface area contributed by atoms with E-state index in [9.17, 15) is 22.8 Å². The molecule has 8 heteroatoms. The maximum Gasteiger partial charge on any atom is 0.415 e. The van der Waals surface area contributed by atoms with E-state index >= 15 is 0 Å². The Morgan fingerprint density at radius 3 is 2.26 bits per heavy atom. The van der Waals surface area contributed by atoms with Gasteiger partial charge in [0, 0.05) is 6.04 Å². The van der Waals surface area contributed by atoms with Gasteiger partial charge in [-0.05, 0) is 19.8 Å². The highest BCUT2D eigenvalue weighted by Crippen LogP contribution is 2.30. The SMILES string of the molecule is CC(N)(C(=O)NC1CCCCC1C(=O)O)C(F)(F)F. The summed E-state index contributed by atoms with van der Waals surface area (Å²) in [7, 11) is 0. The minimum absolute atomic E-state index is 0.341. The van der Waals surface area contributed by atoms with Gasteiger partial charge in [-0.25, -0.2) is 0 Å². The van der Waals surface area contributed by atoms with Gasteiger partial charge in [0.25, 0.3) is 0 Å². The van der Waals surface area contributed by atoms with E-state index in [-0.39, 0.29) is 0 Å². The zero-order chi connectivity index (χ0) is 14.8. The number of nitrogens with two attached hydrogens (primary N) is 1. The quantitative estimate of drug-likeness (QED) is 0.720. The number of nitrogens with one attached hydrogen (secondary N) is 1. The van der Waals surface area contributed by atoms with Crippen molar-refractivity contribution in [3.8, 4) is 0 Å². The van der Waals surface area contributed by atoms with E-state index in [0.717, 1.165) is 0 Å². The third-order valence-electron chi connectivity index (χ3n) is 3.46. The second-order valence-corrected chi connectivity index (χ2v) is 5.01. The van der Waals surface area contributed by atoms with Crippen molar-refractivity contribution in [2.24, 2.45) is 11.7 Å². The number of aliphatic carboxylic acids is 1. The van der Waals surface area contributed by atoms with Crippen LogP contribution in [0.1, 0.15) is 32.6 Å². The molecule has 0 bridgehead atoms. The standard InChI is InChI=1S/C11H17F3N2O3/c1-10(15,11(12,13)14)9(19)16-7-5-3-2-4-6(7)8(17)18/h6-7H,2-5,15H2,1H3,(H,16,19)(H,17,18). The van der Waals surface area contributed by atoms with Crippen LogP contribution in [0.4, 0.5) is 13.2 Å². The summed E-state index contributed by atoms with van der Waals surface area (Å²) in [6, 6.07) is -0.802.